The van der Waals surface area contributed by atoms with Crippen molar-refractivity contribution in [3.8, 4) is 11.5 Å². The molecular weight excluding hydrogens is 450 g/mol. The number of benzene rings is 1. The zero-order valence-corrected chi connectivity index (χ0v) is 20.7. The van der Waals surface area contributed by atoms with Gasteiger partial charge in [0.15, 0.2) is 5.69 Å². The van der Waals surface area contributed by atoms with Crippen molar-refractivity contribution in [2.75, 3.05) is 27.8 Å². The van der Waals surface area contributed by atoms with Gasteiger partial charge in [-0.25, -0.2) is 0 Å². The zero-order valence-electron chi connectivity index (χ0n) is 20.7. The number of ether oxygens (including phenoxy) is 2. The van der Waals surface area contributed by atoms with Gasteiger partial charge in [0.05, 0.1) is 20.8 Å². The van der Waals surface area contributed by atoms with Gasteiger partial charge in [-0.1, -0.05) is 18.9 Å². The second kappa shape index (κ2) is 9.97. The summed E-state index contributed by atoms with van der Waals surface area (Å²) in [4.78, 5) is 40.4. The highest BCUT2D eigenvalue weighted by atomic mass is 16.5. The number of fused-ring (bicyclic) bond motifs is 1. The van der Waals surface area contributed by atoms with E-state index in [2.05, 4.69) is 15.7 Å². The van der Waals surface area contributed by atoms with Gasteiger partial charge in [-0.2, -0.15) is 5.10 Å². The van der Waals surface area contributed by atoms with Gasteiger partial charge in [0.1, 0.15) is 22.7 Å². The SMILES string of the molecule is COc1ccc(CCNC(=O)c2cc3n(n2)C[C@](C)(C(=O)NC2CCCC2)N(C)C3=O)c(OC)c1. The Kier molecular flexibility index (Phi) is 7.00. The fraction of sp³-hybridized carbons (Fsp3) is 0.520. The fourth-order valence-corrected chi connectivity index (χ4v) is 4.71. The first-order chi connectivity index (χ1) is 16.8. The first kappa shape index (κ1) is 24.6. The lowest BCUT2D eigenvalue weighted by Crippen LogP contribution is -2.63. The molecule has 2 N–H and O–H groups in total. The average Bonchev–Trinajstić information content (AvgIpc) is 3.52. The number of nitrogens with zero attached hydrogens (tertiary/aromatic N) is 3. The molecule has 1 fully saturated rings. The standard InChI is InChI=1S/C25H33N5O5/c1-25(24(33)27-17-7-5-6-8-17)15-30-20(23(32)29(25)2)14-19(28-30)22(31)26-12-11-16-9-10-18(34-3)13-21(16)35-4/h9-10,13-14,17H,5-8,11-12,15H2,1-4H3,(H,26,31)(H,27,33)/t25-/m1/s1. The second-order valence-electron chi connectivity index (χ2n) is 9.35. The Labute approximate surface area is 204 Å². The minimum atomic E-state index is -1.09. The molecule has 2 heterocycles. The van der Waals surface area contributed by atoms with E-state index in [9.17, 15) is 14.4 Å². The van der Waals surface area contributed by atoms with Crippen LogP contribution >= 0.6 is 0 Å². The highest BCUT2D eigenvalue weighted by Crippen LogP contribution is 2.28. The molecule has 0 bridgehead atoms. The Morgan fingerprint density at radius 1 is 1.17 bits per heavy atom. The third-order valence-corrected chi connectivity index (χ3v) is 7.09. The van der Waals surface area contributed by atoms with Crippen molar-refractivity contribution >= 4 is 17.7 Å². The number of likely N-dealkylation sites (N-methyl/N-ethyl adjacent to an activating group) is 1. The van der Waals surface area contributed by atoms with Crippen LogP contribution in [0.2, 0.25) is 0 Å². The quantitative estimate of drug-likeness (QED) is 0.592. The van der Waals surface area contributed by atoms with Gasteiger partial charge in [-0.15, -0.1) is 0 Å². The number of carbonyl (C=O) groups excluding carboxylic acids is 3. The van der Waals surface area contributed by atoms with Crippen LogP contribution in [0.1, 0.15) is 59.1 Å². The van der Waals surface area contributed by atoms with E-state index in [0.29, 0.717) is 30.2 Å². The number of hydrogen-bond donors (Lipinski definition) is 2. The summed E-state index contributed by atoms with van der Waals surface area (Å²) in [5.41, 5.74) is 0.278. The molecule has 1 atom stereocenters. The predicted molar refractivity (Wildman–Crippen MR) is 129 cm³/mol. The third-order valence-electron chi connectivity index (χ3n) is 7.09. The second-order valence-corrected chi connectivity index (χ2v) is 9.35. The number of nitrogens with one attached hydrogen (secondary N) is 2. The van der Waals surface area contributed by atoms with Gasteiger partial charge >= 0.3 is 0 Å². The molecule has 1 aromatic heterocycles. The Morgan fingerprint density at radius 2 is 1.91 bits per heavy atom. The molecule has 2 aromatic rings. The topological polar surface area (TPSA) is 115 Å². The summed E-state index contributed by atoms with van der Waals surface area (Å²) in [6, 6.07) is 7.16. The summed E-state index contributed by atoms with van der Waals surface area (Å²) >= 11 is 0. The lowest BCUT2D eigenvalue weighted by atomic mass is 9.95. The summed E-state index contributed by atoms with van der Waals surface area (Å²) in [5, 5.41) is 10.3. The molecule has 1 saturated carbocycles. The molecule has 10 heteroatoms. The molecule has 1 aromatic carbocycles. The van der Waals surface area contributed by atoms with Crippen LogP contribution in [0.25, 0.3) is 0 Å². The lowest BCUT2D eigenvalue weighted by molar-refractivity contribution is -0.133. The molecule has 1 aliphatic heterocycles. The van der Waals surface area contributed by atoms with Crippen LogP contribution in [-0.4, -0.2) is 71.8 Å². The van der Waals surface area contributed by atoms with Gasteiger partial charge in [0.25, 0.3) is 11.8 Å². The van der Waals surface area contributed by atoms with Crippen LogP contribution in [0.5, 0.6) is 11.5 Å². The van der Waals surface area contributed by atoms with E-state index in [4.69, 9.17) is 9.47 Å². The number of carbonyl (C=O) groups is 3. The zero-order chi connectivity index (χ0) is 25.2. The van der Waals surface area contributed by atoms with Crippen LogP contribution in [0.4, 0.5) is 0 Å². The van der Waals surface area contributed by atoms with Crippen molar-refractivity contribution in [3.05, 3.63) is 41.2 Å². The van der Waals surface area contributed by atoms with Crippen LogP contribution < -0.4 is 20.1 Å². The van der Waals surface area contributed by atoms with E-state index in [1.165, 1.54) is 15.6 Å². The highest BCUT2D eigenvalue weighted by Gasteiger charge is 2.46. The normalized spacial score (nSPS) is 19.9. The van der Waals surface area contributed by atoms with E-state index in [1.54, 1.807) is 34.3 Å². The van der Waals surface area contributed by atoms with Crippen molar-refractivity contribution in [2.45, 2.75) is 57.2 Å². The molecular formula is C25H33N5O5. The minimum absolute atomic E-state index is 0.142. The molecule has 0 unspecified atom stereocenters. The molecule has 35 heavy (non-hydrogen) atoms. The van der Waals surface area contributed by atoms with Crippen molar-refractivity contribution in [1.82, 2.24) is 25.3 Å². The monoisotopic (exact) mass is 483 g/mol. The van der Waals surface area contributed by atoms with E-state index in [1.807, 2.05) is 12.1 Å². The third kappa shape index (κ3) is 4.82. The van der Waals surface area contributed by atoms with Crippen LogP contribution in [0.15, 0.2) is 24.3 Å². The molecule has 0 saturated heterocycles. The molecule has 1 aliphatic carbocycles. The summed E-state index contributed by atoms with van der Waals surface area (Å²) < 4.78 is 12.1. The van der Waals surface area contributed by atoms with Gasteiger partial charge in [0.2, 0.25) is 5.91 Å². The van der Waals surface area contributed by atoms with E-state index >= 15 is 0 Å². The summed E-state index contributed by atoms with van der Waals surface area (Å²) in [6.45, 7) is 2.28. The Bertz CT molecular complexity index is 1120. The van der Waals surface area contributed by atoms with Crippen LogP contribution in [0.3, 0.4) is 0 Å². The van der Waals surface area contributed by atoms with Gasteiger partial charge in [-0.3, -0.25) is 19.1 Å². The largest absolute Gasteiger partial charge is 0.497 e. The maximum atomic E-state index is 13.1. The molecule has 0 spiro atoms. The number of hydrogen-bond acceptors (Lipinski definition) is 6. The fourth-order valence-electron chi connectivity index (χ4n) is 4.71. The van der Waals surface area contributed by atoms with Gasteiger partial charge in [-0.05, 0) is 37.8 Å². The van der Waals surface area contributed by atoms with Crippen molar-refractivity contribution in [2.24, 2.45) is 0 Å². The number of aromatic nitrogens is 2. The predicted octanol–water partition coefficient (Wildman–Crippen LogP) is 1.78. The molecule has 10 nitrogen and oxygen atoms in total. The molecule has 4 rings (SSSR count). The molecule has 188 valence electrons. The summed E-state index contributed by atoms with van der Waals surface area (Å²) in [5.74, 6) is 0.458. The average molecular weight is 484 g/mol. The molecule has 2 aliphatic rings. The van der Waals surface area contributed by atoms with Crippen LogP contribution in [-0.2, 0) is 17.8 Å². The van der Waals surface area contributed by atoms with E-state index in [-0.39, 0.29) is 36.0 Å². The van der Waals surface area contributed by atoms with Crippen LogP contribution in [0, 0.1) is 0 Å². The highest BCUT2D eigenvalue weighted by molar-refractivity contribution is 6.01. The summed E-state index contributed by atoms with van der Waals surface area (Å²) in [6.07, 6.45) is 4.67. The van der Waals surface area contributed by atoms with E-state index < -0.39 is 5.54 Å². The number of amides is 3. The summed E-state index contributed by atoms with van der Waals surface area (Å²) in [7, 11) is 4.80. The molecule has 3 amide bonds. The minimum Gasteiger partial charge on any atom is -0.497 e. The maximum Gasteiger partial charge on any atom is 0.272 e. The first-order valence-electron chi connectivity index (χ1n) is 11.9. The Balaban J connectivity index is 1.42. The smallest absolute Gasteiger partial charge is 0.272 e. The van der Waals surface area contributed by atoms with Gasteiger partial charge < -0.3 is 25.0 Å². The number of rotatable bonds is 8. The first-order valence-corrected chi connectivity index (χ1v) is 11.9. The van der Waals surface area contributed by atoms with Crippen molar-refractivity contribution in [3.63, 3.8) is 0 Å². The van der Waals surface area contributed by atoms with Crippen molar-refractivity contribution in [1.29, 1.82) is 0 Å². The maximum absolute atomic E-state index is 13.1. The Morgan fingerprint density at radius 3 is 2.60 bits per heavy atom. The molecule has 0 radical (unpaired) electrons. The van der Waals surface area contributed by atoms with Gasteiger partial charge in [0, 0.05) is 31.8 Å². The van der Waals surface area contributed by atoms with E-state index in [0.717, 1.165) is 31.2 Å². The Hall–Kier alpha value is -3.56. The van der Waals surface area contributed by atoms with Crippen molar-refractivity contribution < 1.29 is 23.9 Å². The number of methoxy groups -OCH3 is 2. The lowest BCUT2D eigenvalue weighted by Gasteiger charge is -2.41.